The first kappa shape index (κ1) is 13.6. The van der Waals surface area contributed by atoms with Crippen LogP contribution < -0.4 is 0 Å². The van der Waals surface area contributed by atoms with Crippen molar-refractivity contribution in [2.45, 2.75) is 58.0 Å². The fourth-order valence-electron chi connectivity index (χ4n) is 3.54. The number of hydrogen-bond acceptors (Lipinski definition) is 2. The Bertz CT molecular complexity index is 582. The summed E-state index contributed by atoms with van der Waals surface area (Å²) >= 11 is 0. The minimum atomic E-state index is -0.354. The van der Waals surface area contributed by atoms with Gasteiger partial charge in [-0.15, -0.1) is 0 Å². The molecule has 1 aliphatic rings. The Kier molecular flexibility index (Phi) is 3.79. The molecule has 1 aliphatic carbocycles. The number of fused-ring (bicyclic) bond motifs is 1. The van der Waals surface area contributed by atoms with Crippen LogP contribution in [-0.2, 0) is 0 Å². The van der Waals surface area contributed by atoms with Crippen LogP contribution in [0.4, 0.5) is 0 Å². The van der Waals surface area contributed by atoms with Gasteiger partial charge in [-0.3, -0.25) is 0 Å². The topological polar surface area (TPSA) is 37.5 Å². The molecule has 1 fully saturated rings. The minimum Gasteiger partial charge on any atom is -0.388 e. The monoisotopic (exact) mass is 272 g/mol. The van der Waals surface area contributed by atoms with Gasteiger partial charge >= 0.3 is 0 Å². The SMILES string of the molecule is CC(C)c1ccn2cncc2c1C(O)C1CCCCC1. The average Bonchev–Trinajstić information content (AvgIpc) is 2.94. The highest BCUT2D eigenvalue weighted by Crippen LogP contribution is 2.38. The predicted octanol–water partition coefficient (Wildman–Crippen LogP) is 4.07. The van der Waals surface area contributed by atoms with Crippen molar-refractivity contribution in [2.24, 2.45) is 5.92 Å². The zero-order valence-electron chi connectivity index (χ0n) is 12.4. The highest BCUT2D eigenvalue weighted by Gasteiger charge is 2.27. The van der Waals surface area contributed by atoms with Gasteiger partial charge in [-0.05, 0) is 36.3 Å². The third-order valence-corrected chi connectivity index (χ3v) is 4.68. The first-order chi connectivity index (χ1) is 9.68. The van der Waals surface area contributed by atoms with E-state index >= 15 is 0 Å². The molecule has 0 bridgehead atoms. The van der Waals surface area contributed by atoms with E-state index in [1.807, 2.05) is 16.9 Å². The van der Waals surface area contributed by atoms with E-state index in [1.165, 1.54) is 24.8 Å². The number of pyridine rings is 1. The summed E-state index contributed by atoms with van der Waals surface area (Å²) in [6.45, 7) is 4.39. The van der Waals surface area contributed by atoms with Crippen molar-refractivity contribution in [1.82, 2.24) is 9.38 Å². The zero-order valence-corrected chi connectivity index (χ0v) is 12.4. The maximum absolute atomic E-state index is 11.0. The van der Waals surface area contributed by atoms with Crippen molar-refractivity contribution >= 4 is 5.52 Å². The van der Waals surface area contributed by atoms with Crippen molar-refractivity contribution in [2.75, 3.05) is 0 Å². The molecule has 2 aromatic heterocycles. The molecule has 3 nitrogen and oxygen atoms in total. The minimum absolute atomic E-state index is 0.354. The lowest BCUT2D eigenvalue weighted by atomic mass is 9.80. The summed E-state index contributed by atoms with van der Waals surface area (Å²) in [5.41, 5.74) is 3.43. The van der Waals surface area contributed by atoms with Crippen molar-refractivity contribution < 1.29 is 5.11 Å². The fraction of sp³-hybridized carbons (Fsp3) is 0.588. The van der Waals surface area contributed by atoms with E-state index in [4.69, 9.17) is 0 Å². The van der Waals surface area contributed by atoms with Crippen LogP contribution in [0.5, 0.6) is 0 Å². The quantitative estimate of drug-likeness (QED) is 0.914. The maximum atomic E-state index is 11.0. The molecule has 3 rings (SSSR count). The van der Waals surface area contributed by atoms with Crippen molar-refractivity contribution in [3.63, 3.8) is 0 Å². The van der Waals surface area contributed by atoms with Crippen LogP contribution in [0.15, 0.2) is 24.8 Å². The van der Waals surface area contributed by atoms with Gasteiger partial charge in [0.15, 0.2) is 0 Å². The molecular weight excluding hydrogens is 248 g/mol. The lowest BCUT2D eigenvalue weighted by Gasteiger charge is -2.29. The summed E-state index contributed by atoms with van der Waals surface area (Å²) in [7, 11) is 0. The van der Waals surface area contributed by atoms with Gasteiger partial charge in [0.1, 0.15) is 0 Å². The molecule has 108 valence electrons. The molecular formula is C17H24N2O. The Morgan fingerprint density at radius 1 is 1.25 bits per heavy atom. The summed E-state index contributed by atoms with van der Waals surface area (Å²) in [6.07, 6.45) is 11.5. The van der Waals surface area contributed by atoms with E-state index in [-0.39, 0.29) is 6.10 Å². The molecule has 2 heterocycles. The molecule has 1 N–H and O–H groups in total. The second-order valence-corrected chi connectivity index (χ2v) is 6.37. The van der Waals surface area contributed by atoms with Gasteiger partial charge in [0.25, 0.3) is 0 Å². The van der Waals surface area contributed by atoms with Gasteiger partial charge in [-0.2, -0.15) is 0 Å². The molecule has 20 heavy (non-hydrogen) atoms. The molecule has 0 amide bonds. The van der Waals surface area contributed by atoms with Gasteiger partial charge < -0.3 is 9.51 Å². The van der Waals surface area contributed by atoms with Crippen LogP contribution in [-0.4, -0.2) is 14.5 Å². The van der Waals surface area contributed by atoms with E-state index in [0.717, 1.165) is 23.9 Å². The van der Waals surface area contributed by atoms with Crippen molar-refractivity contribution in [3.05, 3.63) is 35.9 Å². The molecule has 0 aliphatic heterocycles. The van der Waals surface area contributed by atoms with Crippen LogP contribution in [0.2, 0.25) is 0 Å². The molecule has 0 saturated heterocycles. The Balaban J connectivity index is 2.06. The smallest absolute Gasteiger partial charge is 0.0992 e. The Hall–Kier alpha value is -1.35. The Morgan fingerprint density at radius 2 is 2.00 bits per heavy atom. The van der Waals surface area contributed by atoms with E-state index < -0.39 is 0 Å². The molecule has 1 unspecified atom stereocenters. The van der Waals surface area contributed by atoms with E-state index in [9.17, 15) is 5.11 Å². The van der Waals surface area contributed by atoms with Crippen LogP contribution in [0, 0.1) is 5.92 Å². The van der Waals surface area contributed by atoms with Crippen LogP contribution in [0.25, 0.3) is 5.52 Å². The zero-order chi connectivity index (χ0) is 14.1. The van der Waals surface area contributed by atoms with Gasteiger partial charge in [0, 0.05) is 11.8 Å². The van der Waals surface area contributed by atoms with Crippen LogP contribution in [0.1, 0.15) is 69.1 Å². The fourth-order valence-corrected chi connectivity index (χ4v) is 3.54. The van der Waals surface area contributed by atoms with Crippen LogP contribution >= 0.6 is 0 Å². The highest BCUT2D eigenvalue weighted by molar-refractivity contribution is 5.58. The number of hydrogen-bond donors (Lipinski definition) is 1. The van der Waals surface area contributed by atoms with Crippen LogP contribution in [0.3, 0.4) is 0 Å². The van der Waals surface area contributed by atoms with Crippen molar-refractivity contribution in [1.29, 1.82) is 0 Å². The largest absolute Gasteiger partial charge is 0.388 e. The molecule has 1 saturated carbocycles. The third-order valence-electron chi connectivity index (χ3n) is 4.68. The lowest BCUT2D eigenvalue weighted by Crippen LogP contribution is -2.18. The Morgan fingerprint density at radius 3 is 2.70 bits per heavy atom. The maximum Gasteiger partial charge on any atom is 0.0992 e. The second kappa shape index (κ2) is 5.57. The molecule has 2 aromatic rings. The summed E-state index contributed by atoms with van der Waals surface area (Å²) in [4.78, 5) is 4.24. The van der Waals surface area contributed by atoms with Gasteiger partial charge in [-0.1, -0.05) is 33.1 Å². The number of imidazole rings is 1. The molecule has 0 spiro atoms. The lowest BCUT2D eigenvalue weighted by molar-refractivity contribution is 0.0848. The summed E-state index contributed by atoms with van der Waals surface area (Å²) in [6, 6.07) is 2.14. The molecule has 0 radical (unpaired) electrons. The number of aromatic nitrogens is 2. The van der Waals surface area contributed by atoms with Crippen molar-refractivity contribution in [3.8, 4) is 0 Å². The van der Waals surface area contributed by atoms with E-state index in [2.05, 4.69) is 31.1 Å². The number of rotatable bonds is 3. The number of aliphatic hydroxyl groups is 1. The number of aliphatic hydroxyl groups excluding tert-OH is 1. The van der Waals surface area contributed by atoms with Gasteiger partial charge in [-0.25, -0.2) is 4.98 Å². The second-order valence-electron chi connectivity index (χ2n) is 6.37. The van der Waals surface area contributed by atoms with Gasteiger partial charge in [0.05, 0.1) is 24.1 Å². The number of nitrogens with zero attached hydrogens (tertiary/aromatic N) is 2. The molecule has 1 atom stereocenters. The van der Waals surface area contributed by atoms with E-state index in [0.29, 0.717) is 11.8 Å². The predicted molar refractivity (Wildman–Crippen MR) is 80.8 cm³/mol. The molecule has 3 heteroatoms. The summed E-state index contributed by atoms with van der Waals surface area (Å²) in [5.74, 6) is 0.825. The normalized spacial score (nSPS) is 18.8. The average molecular weight is 272 g/mol. The third kappa shape index (κ3) is 2.35. The van der Waals surface area contributed by atoms with E-state index in [1.54, 1.807) is 0 Å². The first-order valence-electron chi connectivity index (χ1n) is 7.81. The highest BCUT2D eigenvalue weighted by atomic mass is 16.3. The van der Waals surface area contributed by atoms with Gasteiger partial charge in [0.2, 0.25) is 0 Å². The summed E-state index contributed by atoms with van der Waals surface area (Å²) in [5, 5.41) is 11.0. The standard InChI is InChI=1S/C17H24N2O/c1-12(2)14-8-9-19-11-18-10-15(19)16(14)17(20)13-6-4-3-5-7-13/h8-13,17,20H,3-7H2,1-2H3. The Labute approximate surface area is 120 Å². The first-order valence-corrected chi connectivity index (χ1v) is 7.81. The molecule has 0 aromatic carbocycles. The summed E-state index contributed by atoms with van der Waals surface area (Å²) < 4.78 is 2.02.